The van der Waals surface area contributed by atoms with Crippen molar-refractivity contribution in [3.63, 3.8) is 0 Å². The lowest BCUT2D eigenvalue weighted by Crippen LogP contribution is -2.76. The van der Waals surface area contributed by atoms with Crippen LogP contribution >= 0.6 is 0 Å². The molecule has 7 fully saturated rings. The quantitative estimate of drug-likeness (QED) is 0.756. The van der Waals surface area contributed by atoms with E-state index in [9.17, 15) is 4.79 Å². The van der Waals surface area contributed by atoms with Crippen LogP contribution in [0, 0.1) is 41.4 Å². The lowest BCUT2D eigenvalue weighted by Gasteiger charge is -2.74. The molecule has 1 amide bonds. The molecule has 0 heterocycles. The molecule has 0 aromatic rings. The Morgan fingerprint density at radius 2 is 1.56 bits per heavy atom. The molecular formula is C16H23NO. The Kier molecular flexibility index (Phi) is 1.69. The molecule has 7 aliphatic rings. The fraction of sp³-hybridized carbons (Fsp3) is 0.938. The van der Waals surface area contributed by atoms with Crippen molar-refractivity contribution in [1.82, 2.24) is 5.32 Å². The molecule has 0 spiro atoms. The molecule has 0 radical (unpaired) electrons. The Balaban J connectivity index is 1.65. The van der Waals surface area contributed by atoms with Gasteiger partial charge in [-0.3, -0.25) is 4.79 Å². The van der Waals surface area contributed by atoms with Gasteiger partial charge in [0.2, 0.25) is 5.91 Å². The van der Waals surface area contributed by atoms with Gasteiger partial charge in [0.25, 0.3) is 0 Å². The Bertz CT molecular complexity index is 407. The molecule has 0 aromatic heterocycles. The molecule has 4 unspecified atom stereocenters. The lowest BCUT2D eigenvalue weighted by atomic mass is 9.33. The monoisotopic (exact) mass is 245 g/mol. The molecule has 8 bridgehead atoms. The molecule has 2 nitrogen and oxygen atoms in total. The van der Waals surface area contributed by atoms with E-state index in [1.807, 2.05) is 0 Å². The van der Waals surface area contributed by atoms with Crippen molar-refractivity contribution in [1.29, 1.82) is 0 Å². The third-order valence-corrected chi connectivity index (χ3v) is 7.48. The van der Waals surface area contributed by atoms with Gasteiger partial charge >= 0.3 is 0 Å². The minimum Gasteiger partial charge on any atom is -0.350 e. The van der Waals surface area contributed by atoms with Crippen molar-refractivity contribution in [3.8, 4) is 0 Å². The fourth-order valence-electron chi connectivity index (χ4n) is 7.52. The number of rotatable bonds is 1. The average Bonchev–Trinajstić information content (AvgIpc) is 2.34. The van der Waals surface area contributed by atoms with Gasteiger partial charge in [-0.25, -0.2) is 0 Å². The van der Waals surface area contributed by atoms with Crippen LogP contribution in [0.2, 0.25) is 0 Å². The maximum absolute atomic E-state index is 11.7. The van der Waals surface area contributed by atoms with Gasteiger partial charge in [0.15, 0.2) is 0 Å². The van der Waals surface area contributed by atoms with Crippen LogP contribution in [0.3, 0.4) is 0 Å². The predicted octanol–water partition coefficient (Wildman–Crippen LogP) is 2.58. The molecule has 7 aliphatic carbocycles. The average molecular weight is 245 g/mol. The lowest BCUT2D eigenvalue weighted by molar-refractivity contribution is -0.225. The number of nitrogens with one attached hydrogen (secondary N) is 1. The predicted molar refractivity (Wildman–Crippen MR) is 68.7 cm³/mol. The normalized spacial score (nSPS) is 62.4. The maximum Gasteiger partial charge on any atom is 0.217 e. The second-order valence-corrected chi connectivity index (χ2v) is 8.04. The molecule has 8 atom stereocenters. The summed E-state index contributed by atoms with van der Waals surface area (Å²) in [5.74, 6) is 6.85. The Hall–Kier alpha value is -0.530. The van der Waals surface area contributed by atoms with Gasteiger partial charge in [-0.1, -0.05) is 0 Å². The number of amides is 1. The van der Waals surface area contributed by atoms with Crippen LogP contribution in [0.15, 0.2) is 0 Å². The number of hydrogen-bond acceptors (Lipinski definition) is 1. The van der Waals surface area contributed by atoms with E-state index >= 15 is 0 Å². The van der Waals surface area contributed by atoms with Crippen molar-refractivity contribution in [3.05, 3.63) is 0 Å². The van der Waals surface area contributed by atoms with E-state index < -0.39 is 0 Å². The molecule has 2 heteroatoms. The molecule has 7 saturated carbocycles. The van der Waals surface area contributed by atoms with E-state index in [1.54, 1.807) is 6.92 Å². The highest BCUT2D eigenvalue weighted by Gasteiger charge is 2.70. The van der Waals surface area contributed by atoms with Crippen molar-refractivity contribution in [2.24, 2.45) is 41.4 Å². The summed E-state index contributed by atoms with van der Waals surface area (Å²) in [6.07, 6.45) is 8.69. The van der Waals surface area contributed by atoms with Gasteiger partial charge in [-0.05, 0) is 80.0 Å². The topological polar surface area (TPSA) is 29.1 Å². The first-order valence-corrected chi connectivity index (χ1v) is 7.96. The molecule has 1 N–H and O–H groups in total. The highest BCUT2D eigenvalue weighted by atomic mass is 16.1. The number of carbonyl (C=O) groups excluding carboxylic acids is 1. The highest BCUT2D eigenvalue weighted by Crippen LogP contribution is 2.72. The van der Waals surface area contributed by atoms with Crippen LogP contribution in [0.5, 0.6) is 0 Å². The zero-order valence-electron chi connectivity index (χ0n) is 11.2. The van der Waals surface area contributed by atoms with Crippen molar-refractivity contribution < 1.29 is 4.79 Å². The largest absolute Gasteiger partial charge is 0.350 e. The maximum atomic E-state index is 11.7. The summed E-state index contributed by atoms with van der Waals surface area (Å²) in [4.78, 5) is 11.7. The number of hydrogen-bond donors (Lipinski definition) is 1. The van der Waals surface area contributed by atoms with E-state index in [-0.39, 0.29) is 11.4 Å². The first kappa shape index (κ1) is 10.3. The SMILES string of the molecule is CC(=O)NC12CC3C[C@@H]4C5CC(C[C@H]41)C[C@H]2[C@@H]5C3. The molecule has 0 aliphatic heterocycles. The number of carbonyl (C=O) groups is 1. The Morgan fingerprint density at radius 3 is 2.17 bits per heavy atom. The third-order valence-electron chi connectivity index (χ3n) is 7.48. The molecule has 0 aromatic carbocycles. The van der Waals surface area contributed by atoms with Crippen LogP contribution < -0.4 is 5.32 Å². The fourth-order valence-corrected chi connectivity index (χ4v) is 7.52. The summed E-state index contributed by atoms with van der Waals surface area (Å²) in [6, 6.07) is 0. The van der Waals surface area contributed by atoms with Crippen LogP contribution in [0.25, 0.3) is 0 Å². The van der Waals surface area contributed by atoms with Crippen LogP contribution in [0.1, 0.15) is 45.4 Å². The molecule has 98 valence electrons. The van der Waals surface area contributed by atoms with Gasteiger partial charge in [0.05, 0.1) is 0 Å². The van der Waals surface area contributed by atoms with Gasteiger partial charge in [-0.15, -0.1) is 0 Å². The summed E-state index contributed by atoms with van der Waals surface area (Å²) in [5, 5.41) is 3.49. The Morgan fingerprint density at radius 1 is 0.944 bits per heavy atom. The minimum absolute atomic E-state index is 0.225. The van der Waals surface area contributed by atoms with E-state index in [1.165, 1.54) is 38.5 Å². The van der Waals surface area contributed by atoms with Crippen molar-refractivity contribution in [2.45, 2.75) is 51.0 Å². The summed E-state index contributed by atoms with van der Waals surface area (Å²) in [7, 11) is 0. The highest BCUT2D eigenvalue weighted by molar-refractivity contribution is 5.74. The zero-order valence-corrected chi connectivity index (χ0v) is 11.2. The van der Waals surface area contributed by atoms with E-state index in [0.29, 0.717) is 0 Å². The molecule has 18 heavy (non-hydrogen) atoms. The van der Waals surface area contributed by atoms with E-state index in [0.717, 1.165) is 41.4 Å². The van der Waals surface area contributed by atoms with Crippen molar-refractivity contribution >= 4 is 5.91 Å². The first-order chi connectivity index (χ1) is 8.67. The molecule has 7 rings (SSSR count). The summed E-state index contributed by atoms with van der Waals surface area (Å²) < 4.78 is 0. The molecule has 0 saturated heterocycles. The third kappa shape index (κ3) is 0.981. The summed E-state index contributed by atoms with van der Waals surface area (Å²) in [6.45, 7) is 1.73. The van der Waals surface area contributed by atoms with E-state index in [4.69, 9.17) is 0 Å². The van der Waals surface area contributed by atoms with E-state index in [2.05, 4.69) is 5.32 Å². The van der Waals surface area contributed by atoms with Crippen molar-refractivity contribution in [2.75, 3.05) is 0 Å². The summed E-state index contributed by atoms with van der Waals surface area (Å²) in [5.41, 5.74) is 0.246. The zero-order chi connectivity index (χ0) is 12.1. The van der Waals surface area contributed by atoms with Gasteiger partial charge in [-0.2, -0.15) is 0 Å². The second kappa shape index (κ2) is 2.96. The van der Waals surface area contributed by atoms with Crippen LogP contribution in [-0.4, -0.2) is 11.4 Å². The second-order valence-electron chi connectivity index (χ2n) is 8.04. The first-order valence-electron chi connectivity index (χ1n) is 7.96. The van der Waals surface area contributed by atoms with Gasteiger partial charge < -0.3 is 5.32 Å². The van der Waals surface area contributed by atoms with Gasteiger partial charge in [0.1, 0.15) is 0 Å². The smallest absolute Gasteiger partial charge is 0.217 e. The van der Waals surface area contributed by atoms with Crippen LogP contribution in [0.4, 0.5) is 0 Å². The molecular weight excluding hydrogens is 222 g/mol. The Labute approximate surface area is 109 Å². The summed E-state index contributed by atoms with van der Waals surface area (Å²) >= 11 is 0. The van der Waals surface area contributed by atoms with Gasteiger partial charge in [0, 0.05) is 12.5 Å². The standard InChI is InChI=1S/C16H23NO/c1-8(18)17-16-7-10-3-12-11-2-9(5-14(12)16)6-15(16)13(11)4-10/h9-15H,2-7H2,1H3,(H,17,18)/t9?,10?,11?,12-,13-,14-,15+,16?/m1/s1. The minimum atomic E-state index is 0.225. The van der Waals surface area contributed by atoms with Crippen LogP contribution in [-0.2, 0) is 4.79 Å².